The first-order valence-electron chi connectivity index (χ1n) is 5.74. The van der Waals surface area contributed by atoms with E-state index in [9.17, 15) is 13.2 Å². The Labute approximate surface area is 106 Å². The summed E-state index contributed by atoms with van der Waals surface area (Å²) in [6, 6.07) is -1.06. The molecule has 1 aliphatic heterocycles. The van der Waals surface area contributed by atoms with Gasteiger partial charge in [-0.3, -0.25) is 4.79 Å². The molecule has 18 heavy (non-hydrogen) atoms. The molecular weight excluding hydrogens is 262 g/mol. The molecule has 0 aromatic carbocycles. The molecule has 0 amide bonds. The number of nitrogens with two attached hydrogens (primary N) is 1. The molecule has 0 bridgehead atoms. The molecule has 1 fully saturated rings. The van der Waals surface area contributed by atoms with Crippen molar-refractivity contribution in [3.8, 4) is 0 Å². The van der Waals surface area contributed by atoms with E-state index in [0.29, 0.717) is 32.7 Å². The predicted octanol–water partition coefficient (Wildman–Crippen LogP) is -1.65. The molecule has 1 rings (SSSR count). The van der Waals surface area contributed by atoms with Crippen molar-refractivity contribution in [3.05, 3.63) is 0 Å². The minimum absolute atomic E-state index is 0.00710. The highest BCUT2D eigenvalue weighted by molar-refractivity contribution is 7.87. The van der Waals surface area contributed by atoms with Gasteiger partial charge in [-0.15, -0.1) is 0 Å². The average molecular weight is 281 g/mol. The molecule has 106 valence electrons. The Balaban J connectivity index is 2.41. The Bertz CT molecular complexity index is 364. The number of carbonyl (C=O) groups is 1. The smallest absolute Gasteiger partial charge is 0.320 e. The van der Waals surface area contributed by atoms with Gasteiger partial charge in [0.15, 0.2) is 0 Å². The van der Waals surface area contributed by atoms with Crippen molar-refractivity contribution in [1.82, 2.24) is 9.03 Å². The zero-order valence-electron chi connectivity index (χ0n) is 10.0. The van der Waals surface area contributed by atoms with Crippen LogP contribution in [0.5, 0.6) is 0 Å². The third kappa shape index (κ3) is 4.86. The number of aliphatic carboxylic acids is 1. The normalized spacial score (nSPS) is 20.3. The van der Waals surface area contributed by atoms with E-state index in [1.165, 1.54) is 4.31 Å². The largest absolute Gasteiger partial charge is 0.480 e. The quantitative estimate of drug-likeness (QED) is 0.536. The van der Waals surface area contributed by atoms with Crippen molar-refractivity contribution in [2.45, 2.75) is 18.9 Å². The van der Waals surface area contributed by atoms with Crippen molar-refractivity contribution in [1.29, 1.82) is 0 Å². The SMILES string of the molecule is N[C@@H](CCNS(=O)(=O)N1CCCOCC1)C(=O)O. The lowest BCUT2D eigenvalue weighted by Crippen LogP contribution is -2.44. The lowest BCUT2D eigenvalue weighted by Gasteiger charge is -2.19. The number of carboxylic acid groups (broad SMARTS) is 1. The molecule has 0 unspecified atom stereocenters. The van der Waals surface area contributed by atoms with Crippen molar-refractivity contribution in [2.24, 2.45) is 5.73 Å². The van der Waals surface area contributed by atoms with Gasteiger partial charge in [0.05, 0.1) is 6.61 Å². The fourth-order valence-electron chi connectivity index (χ4n) is 1.52. The molecule has 0 saturated carbocycles. The van der Waals surface area contributed by atoms with Crippen LogP contribution in [0.15, 0.2) is 0 Å². The maximum absolute atomic E-state index is 11.9. The van der Waals surface area contributed by atoms with Gasteiger partial charge in [0.2, 0.25) is 0 Å². The summed E-state index contributed by atoms with van der Waals surface area (Å²) in [6.07, 6.45) is 0.703. The van der Waals surface area contributed by atoms with Gasteiger partial charge in [0.25, 0.3) is 10.2 Å². The number of hydrogen-bond acceptors (Lipinski definition) is 5. The van der Waals surface area contributed by atoms with Crippen LogP contribution in [0.25, 0.3) is 0 Å². The first-order chi connectivity index (χ1) is 8.43. The summed E-state index contributed by atoms with van der Waals surface area (Å²) in [5.74, 6) is -1.14. The van der Waals surface area contributed by atoms with Gasteiger partial charge < -0.3 is 15.6 Å². The summed E-state index contributed by atoms with van der Waals surface area (Å²) in [4.78, 5) is 10.5. The van der Waals surface area contributed by atoms with Crippen LogP contribution in [-0.4, -0.2) is 62.7 Å². The Morgan fingerprint density at radius 3 is 2.83 bits per heavy atom. The summed E-state index contributed by atoms with van der Waals surface area (Å²) in [7, 11) is -3.57. The van der Waals surface area contributed by atoms with E-state index < -0.39 is 22.2 Å². The number of rotatable bonds is 6. The van der Waals surface area contributed by atoms with Crippen molar-refractivity contribution in [3.63, 3.8) is 0 Å². The summed E-state index contributed by atoms with van der Waals surface area (Å²) in [5, 5.41) is 8.57. The molecule has 1 aliphatic rings. The molecule has 1 heterocycles. The molecule has 4 N–H and O–H groups in total. The molecule has 0 spiro atoms. The number of nitrogens with zero attached hydrogens (tertiary/aromatic N) is 1. The van der Waals surface area contributed by atoms with Gasteiger partial charge >= 0.3 is 5.97 Å². The van der Waals surface area contributed by atoms with Crippen LogP contribution >= 0.6 is 0 Å². The monoisotopic (exact) mass is 281 g/mol. The second kappa shape index (κ2) is 7.00. The number of nitrogens with one attached hydrogen (secondary N) is 1. The predicted molar refractivity (Wildman–Crippen MR) is 64.2 cm³/mol. The maximum atomic E-state index is 11.9. The minimum Gasteiger partial charge on any atom is -0.480 e. The standard InChI is InChI=1S/C9H19N3O5S/c10-8(9(13)14)2-3-11-18(15,16)12-4-1-6-17-7-5-12/h8,11H,1-7,10H2,(H,13,14)/t8-/m0/s1. The fourth-order valence-corrected chi connectivity index (χ4v) is 2.76. The molecule has 9 heteroatoms. The Morgan fingerprint density at radius 2 is 2.17 bits per heavy atom. The van der Waals surface area contributed by atoms with Crippen LogP contribution < -0.4 is 10.5 Å². The molecule has 0 aromatic rings. The van der Waals surface area contributed by atoms with Gasteiger partial charge in [-0.25, -0.2) is 4.72 Å². The van der Waals surface area contributed by atoms with E-state index in [-0.39, 0.29) is 13.0 Å². The van der Waals surface area contributed by atoms with Gasteiger partial charge in [-0.2, -0.15) is 12.7 Å². The van der Waals surface area contributed by atoms with E-state index >= 15 is 0 Å². The first kappa shape index (κ1) is 15.3. The summed E-state index contributed by atoms with van der Waals surface area (Å²) >= 11 is 0. The van der Waals surface area contributed by atoms with Crippen LogP contribution in [0.1, 0.15) is 12.8 Å². The highest BCUT2D eigenvalue weighted by atomic mass is 32.2. The highest BCUT2D eigenvalue weighted by Gasteiger charge is 2.23. The molecule has 0 aromatic heterocycles. The van der Waals surface area contributed by atoms with Crippen LogP contribution in [-0.2, 0) is 19.7 Å². The summed E-state index contributed by atoms with van der Waals surface area (Å²) < 4.78 is 32.5. The third-order valence-corrected chi connectivity index (χ3v) is 4.19. The van der Waals surface area contributed by atoms with Crippen LogP contribution in [0.3, 0.4) is 0 Å². The van der Waals surface area contributed by atoms with E-state index in [4.69, 9.17) is 15.6 Å². The van der Waals surface area contributed by atoms with Crippen LogP contribution in [0, 0.1) is 0 Å². The Kier molecular flexibility index (Phi) is 5.96. The van der Waals surface area contributed by atoms with E-state index in [1.54, 1.807) is 0 Å². The number of hydrogen-bond donors (Lipinski definition) is 3. The second-order valence-electron chi connectivity index (χ2n) is 4.00. The van der Waals surface area contributed by atoms with Gasteiger partial charge in [0, 0.05) is 26.2 Å². The number of carboxylic acids is 1. The topological polar surface area (TPSA) is 122 Å². The minimum atomic E-state index is -3.57. The fraction of sp³-hybridized carbons (Fsp3) is 0.889. The summed E-state index contributed by atoms with van der Waals surface area (Å²) in [6.45, 7) is 1.64. The average Bonchev–Trinajstić information content (AvgIpc) is 2.57. The first-order valence-corrected chi connectivity index (χ1v) is 7.18. The Morgan fingerprint density at radius 1 is 1.44 bits per heavy atom. The lowest BCUT2D eigenvalue weighted by molar-refractivity contribution is -0.138. The Hall–Kier alpha value is -0.740. The molecule has 0 aliphatic carbocycles. The number of ether oxygens (including phenoxy) is 1. The van der Waals surface area contributed by atoms with Crippen molar-refractivity contribution in [2.75, 3.05) is 32.8 Å². The van der Waals surface area contributed by atoms with Gasteiger partial charge in [0.1, 0.15) is 6.04 Å². The molecule has 8 nitrogen and oxygen atoms in total. The molecule has 1 atom stereocenters. The lowest BCUT2D eigenvalue weighted by atomic mass is 10.2. The van der Waals surface area contributed by atoms with Crippen LogP contribution in [0.4, 0.5) is 0 Å². The second-order valence-corrected chi connectivity index (χ2v) is 5.75. The van der Waals surface area contributed by atoms with Gasteiger partial charge in [-0.05, 0) is 12.8 Å². The third-order valence-electron chi connectivity index (χ3n) is 2.58. The van der Waals surface area contributed by atoms with E-state index in [2.05, 4.69) is 4.72 Å². The zero-order valence-corrected chi connectivity index (χ0v) is 10.9. The highest BCUT2D eigenvalue weighted by Crippen LogP contribution is 2.04. The van der Waals surface area contributed by atoms with Crippen LogP contribution in [0.2, 0.25) is 0 Å². The molecule has 1 saturated heterocycles. The van der Waals surface area contributed by atoms with Gasteiger partial charge in [-0.1, -0.05) is 0 Å². The van der Waals surface area contributed by atoms with E-state index in [0.717, 1.165) is 0 Å². The van der Waals surface area contributed by atoms with Crippen molar-refractivity contribution < 1.29 is 23.1 Å². The van der Waals surface area contributed by atoms with E-state index in [1.807, 2.05) is 0 Å². The molecular formula is C9H19N3O5S. The maximum Gasteiger partial charge on any atom is 0.320 e. The van der Waals surface area contributed by atoms with Crippen molar-refractivity contribution >= 4 is 16.2 Å². The zero-order chi connectivity index (χ0) is 13.6. The summed E-state index contributed by atoms with van der Waals surface area (Å²) in [5.41, 5.74) is 5.28. The molecule has 0 radical (unpaired) electrons.